The summed E-state index contributed by atoms with van der Waals surface area (Å²) < 4.78 is 0. The monoisotopic (exact) mass is 184 g/mol. The second-order valence-corrected chi connectivity index (χ2v) is 3.01. The standard InChI is InChI=1S/C9H9ClO2/c1-6-4-9(12)7(2-3-11)5-8(6)10/h3-5,12H,2H2,1H3. The molecule has 0 fully saturated rings. The van der Waals surface area contributed by atoms with Crippen molar-refractivity contribution in [2.45, 2.75) is 13.3 Å². The summed E-state index contributed by atoms with van der Waals surface area (Å²) in [4.78, 5) is 10.2. The van der Waals surface area contributed by atoms with Gasteiger partial charge in [-0.1, -0.05) is 11.6 Å². The predicted molar refractivity (Wildman–Crippen MR) is 47.6 cm³/mol. The maximum Gasteiger partial charge on any atom is 0.124 e. The van der Waals surface area contributed by atoms with Crippen molar-refractivity contribution in [3.05, 3.63) is 28.3 Å². The third kappa shape index (κ3) is 1.77. The summed E-state index contributed by atoms with van der Waals surface area (Å²) in [6.07, 6.45) is 0.937. The minimum Gasteiger partial charge on any atom is -0.508 e. The fourth-order valence-corrected chi connectivity index (χ4v) is 1.15. The summed E-state index contributed by atoms with van der Waals surface area (Å²) in [5, 5.41) is 9.90. The highest BCUT2D eigenvalue weighted by Gasteiger charge is 2.03. The number of carbonyl (C=O) groups excluding carboxylic acids is 1. The number of aldehydes is 1. The van der Waals surface area contributed by atoms with Gasteiger partial charge < -0.3 is 9.90 Å². The number of aromatic hydroxyl groups is 1. The van der Waals surface area contributed by atoms with Gasteiger partial charge in [-0.3, -0.25) is 0 Å². The molecule has 0 saturated carbocycles. The zero-order valence-corrected chi connectivity index (χ0v) is 7.43. The summed E-state index contributed by atoms with van der Waals surface area (Å²) in [7, 11) is 0. The summed E-state index contributed by atoms with van der Waals surface area (Å²) >= 11 is 5.79. The lowest BCUT2D eigenvalue weighted by atomic mass is 10.1. The van der Waals surface area contributed by atoms with Gasteiger partial charge in [-0.2, -0.15) is 0 Å². The average molecular weight is 185 g/mol. The molecule has 3 heteroatoms. The quantitative estimate of drug-likeness (QED) is 0.715. The first-order valence-corrected chi connectivity index (χ1v) is 3.94. The van der Waals surface area contributed by atoms with Crippen molar-refractivity contribution in [3.8, 4) is 5.75 Å². The van der Waals surface area contributed by atoms with Crippen LogP contribution >= 0.6 is 11.6 Å². The highest BCUT2D eigenvalue weighted by Crippen LogP contribution is 2.25. The van der Waals surface area contributed by atoms with Crippen molar-refractivity contribution in [1.82, 2.24) is 0 Å². The zero-order chi connectivity index (χ0) is 9.14. The molecule has 0 bridgehead atoms. The Morgan fingerprint density at radius 1 is 1.58 bits per heavy atom. The van der Waals surface area contributed by atoms with Gasteiger partial charge in [-0.05, 0) is 24.6 Å². The van der Waals surface area contributed by atoms with Crippen LogP contribution in [0.1, 0.15) is 11.1 Å². The minimum atomic E-state index is 0.129. The van der Waals surface area contributed by atoms with Crippen LogP contribution in [0.3, 0.4) is 0 Å². The van der Waals surface area contributed by atoms with Crippen LogP contribution in [-0.4, -0.2) is 11.4 Å². The van der Waals surface area contributed by atoms with E-state index in [0.717, 1.165) is 11.8 Å². The molecule has 1 aromatic rings. The fraction of sp³-hybridized carbons (Fsp3) is 0.222. The summed E-state index contributed by atoms with van der Waals surface area (Å²) in [5.74, 6) is 0.129. The molecule has 64 valence electrons. The van der Waals surface area contributed by atoms with Crippen molar-refractivity contribution >= 4 is 17.9 Å². The van der Waals surface area contributed by atoms with Crippen molar-refractivity contribution in [3.63, 3.8) is 0 Å². The Bertz CT molecular complexity index is 308. The molecular weight excluding hydrogens is 176 g/mol. The Morgan fingerprint density at radius 2 is 2.25 bits per heavy atom. The van der Waals surface area contributed by atoms with Crippen molar-refractivity contribution in [2.75, 3.05) is 0 Å². The number of benzene rings is 1. The van der Waals surface area contributed by atoms with Crippen LogP contribution < -0.4 is 0 Å². The van der Waals surface area contributed by atoms with E-state index in [9.17, 15) is 9.90 Å². The number of phenolic OH excluding ortho intramolecular Hbond substituents is 1. The molecule has 0 amide bonds. The SMILES string of the molecule is Cc1cc(O)c(CC=O)cc1Cl. The van der Waals surface area contributed by atoms with Crippen molar-refractivity contribution in [2.24, 2.45) is 0 Å². The minimum absolute atomic E-state index is 0.129. The van der Waals surface area contributed by atoms with E-state index >= 15 is 0 Å². The third-order valence-electron chi connectivity index (χ3n) is 1.66. The largest absolute Gasteiger partial charge is 0.508 e. The van der Waals surface area contributed by atoms with E-state index in [0.29, 0.717) is 10.6 Å². The smallest absolute Gasteiger partial charge is 0.124 e. The van der Waals surface area contributed by atoms with Crippen LogP contribution in [-0.2, 0) is 11.2 Å². The predicted octanol–water partition coefficient (Wildman–Crippen LogP) is 2.10. The number of hydrogen-bond donors (Lipinski definition) is 1. The van der Waals surface area contributed by atoms with Gasteiger partial charge in [0.1, 0.15) is 12.0 Å². The summed E-state index contributed by atoms with van der Waals surface area (Å²) in [5.41, 5.74) is 1.38. The van der Waals surface area contributed by atoms with E-state index in [1.165, 1.54) is 0 Å². The maximum absolute atomic E-state index is 10.2. The molecule has 0 aromatic heterocycles. The molecule has 1 N–H and O–H groups in total. The lowest BCUT2D eigenvalue weighted by Crippen LogP contribution is -1.88. The molecule has 0 heterocycles. The molecule has 0 radical (unpaired) electrons. The Labute approximate surface area is 75.8 Å². The van der Waals surface area contributed by atoms with Crippen LogP contribution in [0.2, 0.25) is 5.02 Å². The Morgan fingerprint density at radius 3 is 2.83 bits per heavy atom. The number of carbonyl (C=O) groups is 1. The molecule has 0 atom stereocenters. The van der Waals surface area contributed by atoms with Crippen LogP contribution in [0.4, 0.5) is 0 Å². The van der Waals surface area contributed by atoms with Gasteiger partial charge in [0, 0.05) is 17.0 Å². The van der Waals surface area contributed by atoms with Gasteiger partial charge in [0.25, 0.3) is 0 Å². The first-order chi connectivity index (χ1) is 5.65. The first-order valence-electron chi connectivity index (χ1n) is 3.56. The van der Waals surface area contributed by atoms with Crippen molar-refractivity contribution < 1.29 is 9.90 Å². The Balaban J connectivity index is 3.13. The molecule has 1 rings (SSSR count). The van der Waals surface area contributed by atoms with E-state index in [2.05, 4.69) is 0 Å². The Kier molecular flexibility index (Phi) is 2.71. The number of rotatable bonds is 2. The fourth-order valence-electron chi connectivity index (χ4n) is 0.961. The Hall–Kier alpha value is -1.02. The number of hydrogen-bond acceptors (Lipinski definition) is 2. The molecule has 0 aliphatic rings. The summed E-state index contributed by atoms with van der Waals surface area (Å²) in [6, 6.07) is 3.17. The van der Waals surface area contributed by atoms with Crippen LogP contribution in [0.25, 0.3) is 0 Å². The van der Waals surface area contributed by atoms with Gasteiger partial charge in [0.2, 0.25) is 0 Å². The van der Waals surface area contributed by atoms with Gasteiger partial charge in [-0.15, -0.1) is 0 Å². The molecular formula is C9H9ClO2. The highest BCUT2D eigenvalue weighted by atomic mass is 35.5. The van der Waals surface area contributed by atoms with Crippen LogP contribution in [0.15, 0.2) is 12.1 Å². The van der Waals surface area contributed by atoms with Gasteiger partial charge in [-0.25, -0.2) is 0 Å². The van der Waals surface area contributed by atoms with E-state index in [-0.39, 0.29) is 12.2 Å². The van der Waals surface area contributed by atoms with Crippen molar-refractivity contribution in [1.29, 1.82) is 0 Å². The second-order valence-electron chi connectivity index (χ2n) is 2.60. The molecule has 0 saturated heterocycles. The van der Waals surface area contributed by atoms with Gasteiger partial charge >= 0.3 is 0 Å². The lowest BCUT2D eigenvalue weighted by Gasteiger charge is -2.03. The molecule has 12 heavy (non-hydrogen) atoms. The molecule has 2 nitrogen and oxygen atoms in total. The molecule has 0 aliphatic heterocycles. The normalized spacial score (nSPS) is 9.83. The molecule has 1 aromatic carbocycles. The maximum atomic E-state index is 10.2. The van der Waals surface area contributed by atoms with E-state index in [1.807, 2.05) is 0 Å². The number of halogens is 1. The number of aryl methyl sites for hydroxylation is 1. The van der Waals surface area contributed by atoms with Gasteiger partial charge in [0.15, 0.2) is 0 Å². The molecule has 0 aliphatic carbocycles. The van der Waals surface area contributed by atoms with Crippen LogP contribution in [0.5, 0.6) is 5.75 Å². The van der Waals surface area contributed by atoms with E-state index in [4.69, 9.17) is 11.6 Å². The average Bonchev–Trinajstić information content (AvgIpc) is 2.01. The lowest BCUT2D eigenvalue weighted by molar-refractivity contribution is -0.107. The first kappa shape index (κ1) is 9.07. The van der Waals surface area contributed by atoms with Crippen LogP contribution in [0, 0.1) is 6.92 Å². The summed E-state index contributed by atoms with van der Waals surface area (Å²) in [6.45, 7) is 1.80. The third-order valence-corrected chi connectivity index (χ3v) is 2.07. The van der Waals surface area contributed by atoms with E-state index < -0.39 is 0 Å². The highest BCUT2D eigenvalue weighted by molar-refractivity contribution is 6.31. The molecule has 0 unspecified atom stereocenters. The van der Waals surface area contributed by atoms with E-state index in [1.54, 1.807) is 19.1 Å². The zero-order valence-electron chi connectivity index (χ0n) is 6.67. The number of phenols is 1. The molecule has 0 spiro atoms. The topological polar surface area (TPSA) is 37.3 Å². The van der Waals surface area contributed by atoms with Gasteiger partial charge in [0.05, 0.1) is 0 Å². The second kappa shape index (κ2) is 3.59.